The van der Waals surface area contributed by atoms with E-state index in [1.54, 1.807) is 12.1 Å². The summed E-state index contributed by atoms with van der Waals surface area (Å²) < 4.78 is 52.5. The molecule has 3 fully saturated rings. The Morgan fingerprint density at radius 3 is 1.88 bits per heavy atom. The SMILES string of the molecule is CN[C@H](CC(C)C)C(=O)N[C@H]1C(=O)N[C@@H](CC(N)=O)C(=O)N[C@H]2C(=O)N[C@H]3C(=O)N[C@H](C(=O)N[C@H](C(=O)O)c4cc(O)c(CNCc5ccc(-c6ccc(Cl)cc6)cc5)c(O)c4-c4cc3ccc4O)[C@H](O[C@H]3C[C@@](C)(N)[C@@H](O)[C@@H](C)O3)c3cccc(c3)Oc3cc2cc(c3O[C@@H]2O[C@@H](CO)[C@H](O)[C@@H](O)[C@@H]2O[C@H]2C[C@@](C)(N)[C@@H](O)[C@@H](C)O2)Oc2ccc(cc2Cl)[C@H]1O. The van der Waals surface area contributed by atoms with Crippen molar-refractivity contribution in [2.45, 2.75) is 214 Å². The number of aromatic hydroxyl groups is 3. The fourth-order valence-electron chi connectivity index (χ4n) is 16.3. The molecule has 0 spiro atoms. The highest BCUT2D eigenvalue weighted by Gasteiger charge is 2.53. The molecule has 0 aliphatic carbocycles. The van der Waals surface area contributed by atoms with Crippen molar-refractivity contribution in [3.63, 3.8) is 0 Å². The summed E-state index contributed by atoms with van der Waals surface area (Å²) in [6, 6.07) is 15.2. The summed E-state index contributed by atoms with van der Waals surface area (Å²) in [5, 5.41) is 140. The number of carboxylic acid groups (broad SMARTS) is 1. The van der Waals surface area contributed by atoms with Crippen LogP contribution in [0.3, 0.4) is 0 Å². The van der Waals surface area contributed by atoms with Gasteiger partial charge in [0.2, 0.25) is 53.4 Å². The maximum atomic E-state index is 16.7. The van der Waals surface area contributed by atoms with Crippen LogP contribution in [0.25, 0.3) is 22.3 Å². The number of nitrogens with two attached hydrogens (primary N) is 3. The van der Waals surface area contributed by atoms with Crippen LogP contribution in [0.4, 0.5) is 0 Å². The molecule has 7 aliphatic rings. The number of aliphatic carboxylic acids is 1. The topological polar surface area (TPSA) is 587 Å². The minimum Gasteiger partial charge on any atom is -0.507 e. The first kappa shape index (κ1) is 92.7. The van der Waals surface area contributed by atoms with Gasteiger partial charge in [-0.2, -0.15) is 0 Å². The molecule has 22 atom stereocenters. The van der Waals surface area contributed by atoms with Crippen LogP contribution < -0.4 is 73.9 Å². The number of phenols is 3. The summed E-state index contributed by atoms with van der Waals surface area (Å²) in [7, 11) is 1.48. The van der Waals surface area contributed by atoms with Crippen LogP contribution in [0.2, 0.25) is 10.0 Å². The summed E-state index contributed by atoms with van der Waals surface area (Å²) >= 11 is 13.4. The Morgan fingerprint density at radius 1 is 0.643 bits per heavy atom. The number of aliphatic hydroxyl groups is 6. The normalized spacial score (nSPS) is 29.6. The smallest absolute Gasteiger partial charge is 0.330 e. The molecule has 14 rings (SSSR count). The van der Waals surface area contributed by atoms with Crippen LogP contribution in [-0.4, -0.2) is 215 Å². The summed E-state index contributed by atoms with van der Waals surface area (Å²) in [4.78, 5) is 122. The predicted octanol–water partition coefficient (Wildman–Crippen LogP) is 3.30. The molecule has 0 aromatic heterocycles. The van der Waals surface area contributed by atoms with Crippen LogP contribution in [0.15, 0.2) is 127 Å². The fraction of sp³-hybridized carbons (Fsp3) is 0.425. The molecule has 3 saturated heterocycles. The number of hydrogen-bond donors (Lipinski definition) is 21. The van der Waals surface area contributed by atoms with Crippen molar-refractivity contribution in [3.8, 4) is 68.2 Å². The quantitative estimate of drug-likeness (QED) is 0.0520. The molecule has 0 saturated carbocycles. The van der Waals surface area contributed by atoms with Gasteiger partial charge in [-0.25, -0.2) is 4.79 Å². The number of carbonyl (C=O) groups excluding carboxylic acids is 7. The first-order chi connectivity index (χ1) is 59.7. The molecule has 37 nitrogen and oxygen atoms in total. The van der Waals surface area contributed by atoms with Crippen molar-refractivity contribution in [1.82, 2.24) is 42.5 Å². The zero-order chi connectivity index (χ0) is 91.0. The van der Waals surface area contributed by atoms with Gasteiger partial charge in [-0.3, -0.25) is 33.6 Å². The van der Waals surface area contributed by atoms with Gasteiger partial charge in [-0.15, -0.1) is 0 Å². The van der Waals surface area contributed by atoms with Gasteiger partial charge >= 0.3 is 5.97 Å². The second-order valence-electron chi connectivity index (χ2n) is 33.2. The van der Waals surface area contributed by atoms with Crippen molar-refractivity contribution in [1.29, 1.82) is 0 Å². The molecule has 7 heterocycles. The Labute approximate surface area is 731 Å². The number of benzene rings is 7. The molecule has 0 radical (unpaired) electrons. The van der Waals surface area contributed by atoms with Gasteiger partial charge < -0.3 is 149 Å². The maximum absolute atomic E-state index is 16.7. The van der Waals surface area contributed by atoms with Crippen molar-refractivity contribution in [3.05, 3.63) is 176 Å². The van der Waals surface area contributed by atoms with Crippen LogP contribution in [0.5, 0.6) is 46.0 Å². The van der Waals surface area contributed by atoms with E-state index in [0.717, 1.165) is 59.2 Å². The standard InChI is InChI=1S/C87H101Cl2N11O26/c1-36(2)23-52(93-7)78(111)99-67-69(105)43-18-22-56(51(89)26-43)122-58-28-45-27-57(74(58)126-85-75(72(108)71(107)59(35-101)123-85)125-62-32-87(6,92)77(110)38(4)120-62)121-47-10-8-9-44(24-47)73(124-61-31-86(5,91)76(109)37(3)119-61)68-83(116)98-66(84(117)118)49-29-55(103)50(34-94-33-39-11-13-40(14-12-39)41-15-19-46(88)20-16-41)70(106)63(49)48-25-42(17-21-54(48)102)64(80(113)100-68)97-81(114)65(45)96-79(112)53(30-60(90)104)95-82(67)115/h8-22,24-29,36-38,52-53,59,61-62,64-69,71-73,75-77,85,93-94,101-103,105-110H,23,30-35,91-92H2,1-7H3,(H2,90,104)(H,95,115)(H,96,112)(H,97,114)(H,98,116)(H,99,111)(H,100,113)(H,117,118)/t37-,38-,52-,53+,59+,61+,62+,64-,65-,66+,67-,68+,69-,71+,72-,73-,75+,76+,77+,85+,86-,87-/m1/s1. The number of primary amides is 1. The van der Waals surface area contributed by atoms with E-state index >= 15 is 24.0 Å². The van der Waals surface area contributed by atoms with E-state index in [1.807, 2.05) is 50.2 Å². The molecule has 24 N–H and O–H groups in total. The lowest BCUT2D eigenvalue weighted by Gasteiger charge is -2.47. The van der Waals surface area contributed by atoms with E-state index in [-0.39, 0.29) is 77.0 Å². The number of halogens is 2. The average Bonchev–Trinajstić information content (AvgIpc) is 0.876. The summed E-state index contributed by atoms with van der Waals surface area (Å²) in [6.07, 6.45) is -23.0. The van der Waals surface area contributed by atoms with Gasteiger partial charge in [0.1, 0.15) is 89.5 Å². The lowest BCUT2D eigenvalue weighted by Crippen LogP contribution is -2.64. The van der Waals surface area contributed by atoms with Gasteiger partial charge in [0.15, 0.2) is 36.2 Å². The molecule has 7 aromatic rings. The number of hydrogen-bond acceptors (Lipinski definition) is 29. The van der Waals surface area contributed by atoms with Crippen LogP contribution in [0, 0.1) is 5.92 Å². The highest BCUT2D eigenvalue weighted by atomic mass is 35.5. The van der Waals surface area contributed by atoms with E-state index in [1.165, 1.54) is 71.1 Å². The molecular weight excluding hydrogens is 1690 g/mol. The third-order valence-electron chi connectivity index (χ3n) is 23.1. The van der Waals surface area contributed by atoms with E-state index in [4.69, 9.17) is 78.3 Å². The third-order valence-corrected chi connectivity index (χ3v) is 23.6. The minimum atomic E-state index is -2.38. The van der Waals surface area contributed by atoms with Crippen LogP contribution in [-0.2, 0) is 75.1 Å². The Hall–Kier alpha value is -10.9. The van der Waals surface area contributed by atoms with E-state index in [9.17, 15) is 65.4 Å². The van der Waals surface area contributed by atoms with Crippen LogP contribution in [0.1, 0.15) is 137 Å². The summed E-state index contributed by atoms with van der Waals surface area (Å²) in [5.41, 5.74) is 15.7. The number of rotatable bonds is 20. The zero-order valence-corrected chi connectivity index (χ0v) is 70.7. The fourth-order valence-corrected chi connectivity index (χ4v) is 16.6. The number of phenolic OH excluding ortho intramolecular Hbond substituents is 3. The highest BCUT2D eigenvalue weighted by molar-refractivity contribution is 6.32. The largest absolute Gasteiger partial charge is 0.507 e. The van der Waals surface area contributed by atoms with E-state index < -0.39 is 250 Å². The minimum absolute atomic E-state index is 0.0998. The van der Waals surface area contributed by atoms with Gasteiger partial charge in [-0.1, -0.05) is 97.7 Å². The molecule has 39 heteroatoms. The third kappa shape index (κ3) is 20.2. The number of nitrogens with one attached hydrogen (secondary N) is 8. The first-order valence-electron chi connectivity index (χ1n) is 40.6. The number of likely N-dealkylation sites (N-methyl/N-ethyl adjacent to an activating group) is 1. The van der Waals surface area contributed by atoms with Gasteiger partial charge in [0.25, 0.3) is 0 Å². The van der Waals surface area contributed by atoms with Gasteiger partial charge in [-0.05, 0) is 153 Å². The van der Waals surface area contributed by atoms with E-state index in [2.05, 4.69) is 42.5 Å². The summed E-state index contributed by atoms with van der Waals surface area (Å²) in [5.74, 6) is -15.9. The average molecular weight is 1790 g/mol. The Kier molecular flexibility index (Phi) is 28.2. The number of carbonyl (C=O) groups is 8. The first-order valence-corrected chi connectivity index (χ1v) is 41.4. The van der Waals surface area contributed by atoms with Gasteiger partial charge in [0, 0.05) is 58.7 Å². The Morgan fingerprint density at radius 2 is 1.26 bits per heavy atom. The number of ether oxygens (including phenoxy) is 8. The molecule has 7 amide bonds. The molecule has 674 valence electrons. The van der Waals surface area contributed by atoms with Gasteiger partial charge in [0.05, 0.1) is 54.1 Å². The van der Waals surface area contributed by atoms with Crippen molar-refractivity contribution >= 4 is 70.5 Å². The zero-order valence-electron chi connectivity index (χ0n) is 69.2. The monoisotopic (exact) mass is 1790 g/mol. The molecule has 0 unspecified atom stereocenters. The highest BCUT2D eigenvalue weighted by Crippen LogP contribution is 2.51. The molecule has 11 bridgehead atoms. The van der Waals surface area contributed by atoms with Crippen molar-refractivity contribution in [2.75, 3.05) is 13.7 Å². The lowest BCUT2D eigenvalue weighted by atomic mass is 9.86. The number of fused-ring (bicyclic) bond motifs is 19. The molecule has 7 aromatic carbocycles. The Bertz CT molecular complexity index is 5270. The second-order valence-corrected chi connectivity index (χ2v) is 34.0. The summed E-state index contributed by atoms with van der Waals surface area (Å²) in [6.45, 7) is 8.35. The number of amides is 7. The number of carboxylic acids is 1. The van der Waals surface area contributed by atoms with E-state index in [0.29, 0.717) is 5.02 Å². The lowest BCUT2D eigenvalue weighted by molar-refractivity contribution is -0.333. The molecular formula is C87H101Cl2N11O26. The molecule has 126 heavy (non-hydrogen) atoms. The van der Waals surface area contributed by atoms with Crippen molar-refractivity contribution in [2.24, 2.45) is 23.1 Å². The maximum Gasteiger partial charge on any atom is 0.330 e. The molecule has 7 aliphatic heterocycles. The van der Waals surface area contributed by atoms with Crippen LogP contribution >= 0.6 is 23.2 Å². The Balaban J connectivity index is 1.04. The second kappa shape index (κ2) is 38.3. The number of aliphatic hydroxyl groups excluding tert-OH is 6. The van der Waals surface area contributed by atoms with Crippen molar-refractivity contribution < 1.29 is 127 Å². The predicted molar refractivity (Wildman–Crippen MR) is 448 cm³/mol.